The highest BCUT2D eigenvalue weighted by Crippen LogP contribution is 2.14. The first kappa shape index (κ1) is 12.9. The fourth-order valence-corrected chi connectivity index (χ4v) is 1.13. The zero-order valence-corrected chi connectivity index (χ0v) is 8.96. The van der Waals surface area contributed by atoms with Crippen molar-refractivity contribution in [3.63, 3.8) is 0 Å². The average Bonchev–Trinajstić information content (AvgIpc) is 2.29. The number of nitrogens with zero attached hydrogens (tertiary/aromatic N) is 1. The van der Waals surface area contributed by atoms with Crippen LogP contribution in [0.15, 0.2) is 24.3 Å². The molecular formula is C10H12N2O5. The number of carboxylic acid groups (broad SMARTS) is 1. The highest BCUT2D eigenvalue weighted by molar-refractivity contribution is 5.67. The van der Waals surface area contributed by atoms with Gasteiger partial charge in [-0.3, -0.25) is 10.1 Å². The first-order chi connectivity index (χ1) is 8.09. The lowest BCUT2D eigenvalue weighted by atomic mass is 10.3. The van der Waals surface area contributed by atoms with E-state index in [1.807, 2.05) is 0 Å². The van der Waals surface area contributed by atoms with Crippen LogP contribution in [0, 0.1) is 10.1 Å². The number of nitrogens with one attached hydrogen (secondary N) is 1. The van der Waals surface area contributed by atoms with E-state index in [1.165, 1.54) is 12.1 Å². The number of nitro groups is 1. The Bertz CT molecular complexity index is 390. The summed E-state index contributed by atoms with van der Waals surface area (Å²) in [6, 6.07) is 5.94. The number of ether oxygens (including phenoxy) is 1. The molecule has 0 saturated heterocycles. The third kappa shape index (κ3) is 4.94. The molecule has 0 atom stereocenters. The van der Waals surface area contributed by atoms with Gasteiger partial charge in [-0.2, -0.15) is 0 Å². The topological polar surface area (TPSA) is 102 Å². The van der Waals surface area contributed by atoms with Crippen molar-refractivity contribution in [3.8, 4) is 0 Å². The molecule has 1 rings (SSSR count). The first-order valence-electron chi connectivity index (χ1n) is 4.87. The Morgan fingerprint density at radius 1 is 1.41 bits per heavy atom. The fourth-order valence-electron chi connectivity index (χ4n) is 1.13. The molecule has 0 bridgehead atoms. The molecule has 0 saturated carbocycles. The van der Waals surface area contributed by atoms with E-state index in [1.54, 1.807) is 12.1 Å². The van der Waals surface area contributed by atoms with Crippen LogP contribution in [-0.2, 0) is 9.53 Å². The van der Waals surface area contributed by atoms with Crippen LogP contribution in [0.2, 0.25) is 0 Å². The van der Waals surface area contributed by atoms with Crippen molar-refractivity contribution in [2.75, 3.05) is 25.1 Å². The molecule has 0 spiro atoms. The molecule has 0 unspecified atom stereocenters. The van der Waals surface area contributed by atoms with Crippen LogP contribution >= 0.6 is 0 Å². The van der Waals surface area contributed by atoms with Gasteiger partial charge in [0.1, 0.15) is 6.61 Å². The maximum Gasteiger partial charge on any atom is 0.329 e. The van der Waals surface area contributed by atoms with Crippen LogP contribution < -0.4 is 5.32 Å². The molecule has 1 aromatic rings. The number of benzene rings is 1. The van der Waals surface area contributed by atoms with Gasteiger partial charge in [-0.05, 0) is 12.1 Å². The van der Waals surface area contributed by atoms with Crippen LogP contribution in [0.4, 0.5) is 11.4 Å². The van der Waals surface area contributed by atoms with E-state index in [0.29, 0.717) is 6.54 Å². The van der Waals surface area contributed by atoms with Crippen LogP contribution in [0.5, 0.6) is 0 Å². The van der Waals surface area contributed by atoms with E-state index < -0.39 is 10.9 Å². The minimum absolute atomic E-state index is 0.0256. The van der Waals surface area contributed by atoms with Gasteiger partial charge in [0.2, 0.25) is 0 Å². The number of non-ortho nitro benzene ring substituents is 1. The van der Waals surface area contributed by atoms with Gasteiger partial charge < -0.3 is 15.2 Å². The Kier molecular flexibility index (Phi) is 4.89. The van der Waals surface area contributed by atoms with Crippen molar-refractivity contribution in [2.45, 2.75) is 0 Å². The number of hydrogen-bond acceptors (Lipinski definition) is 5. The molecule has 0 aliphatic carbocycles. The molecule has 0 fully saturated rings. The van der Waals surface area contributed by atoms with Gasteiger partial charge in [-0.25, -0.2) is 4.79 Å². The lowest BCUT2D eigenvalue weighted by molar-refractivity contribution is -0.384. The second-order valence-corrected chi connectivity index (χ2v) is 3.18. The van der Waals surface area contributed by atoms with E-state index >= 15 is 0 Å². The fraction of sp³-hybridized carbons (Fsp3) is 0.300. The minimum Gasteiger partial charge on any atom is -0.480 e. The Labute approximate surface area is 97.2 Å². The normalized spacial score (nSPS) is 9.88. The van der Waals surface area contributed by atoms with Gasteiger partial charge in [-0.15, -0.1) is 0 Å². The van der Waals surface area contributed by atoms with Gasteiger partial charge in [0.15, 0.2) is 0 Å². The Morgan fingerprint density at radius 3 is 2.59 bits per heavy atom. The molecule has 0 radical (unpaired) electrons. The number of hydrogen-bond donors (Lipinski definition) is 2. The number of carboxylic acids is 1. The summed E-state index contributed by atoms with van der Waals surface area (Å²) in [5, 5.41) is 21.6. The molecule has 2 N–H and O–H groups in total. The molecular weight excluding hydrogens is 228 g/mol. The number of carbonyl (C=O) groups is 1. The van der Waals surface area contributed by atoms with Crippen molar-refractivity contribution < 1.29 is 19.6 Å². The van der Waals surface area contributed by atoms with E-state index in [9.17, 15) is 14.9 Å². The first-order valence-corrected chi connectivity index (χ1v) is 4.87. The second kappa shape index (κ2) is 6.44. The molecule has 0 aliphatic rings. The van der Waals surface area contributed by atoms with Crippen LogP contribution in [0.25, 0.3) is 0 Å². The van der Waals surface area contributed by atoms with Crippen molar-refractivity contribution in [1.29, 1.82) is 0 Å². The Hall–Kier alpha value is -2.15. The average molecular weight is 240 g/mol. The number of aliphatic carboxylic acids is 1. The molecule has 0 amide bonds. The van der Waals surface area contributed by atoms with Crippen molar-refractivity contribution >= 4 is 17.3 Å². The summed E-state index contributed by atoms with van der Waals surface area (Å²) in [5.74, 6) is -1.01. The SMILES string of the molecule is O=C(O)COCCNc1ccc([N+](=O)[O-])cc1. The Balaban J connectivity index is 2.27. The van der Waals surface area contributed by atoms with Gasteiger partial charge in [0.05, 0.1) is 11.5 Å². The van der Waals surface area contributed by atoms with Gasteiger partial charge in [0.25, 0.3) is 5.69 Å². The largest absolute Gasteiger partial charge is 0.480 e. The summed E-state index contributed by atoms with van der Waals surface area (Å²) >= 11 is 0. The molecule has 7 heteroatoms. The van der Waals surface area contributed by atoms with Crippen molar-refractivity contribution in [3.05, 3.63) is 34.4 Å². The number of nitro benzene ring substituents is 1. The zero-order chi connectivity index (χ0) is 12.7. The number of rotatable bonds is 7. The van der Waals surface area contributed by atoms with Crippen molar-refractivity contribution in [2.24, 2.45) is 0 Å². The third-order valence-corrected chi connectivity index (χ3v) is 1.88. The lowest BCUT2D eigenvalue weighted by Crippen LogP contribution is -2.13. The maximum absolute atomic E-state index is 10.4. The number of anilines is 1. The van der Waals surface area contributed by atoms with Gasteiger partial charge in [-0.1, -0.05) is 0 Å². The minimum atomic E-state index is -1.01. The van der Waals surface area contributed by atoms with E-state index in [-0.39, 0.29) is 18.9 Å². The van der Waals surface area contributed by atoms with E-state index in [0.717, 1.165) is 5.69 Å². The highest BCUT2D eigenvalue weighted by Gasteiger charge is 2.03. The van der Waals surface area contributed by atoms with Crippen LogP contribution in [0.1, 0.15) is 0 Å². The van der Waals surface area contributed by atoms with Crippen molar-refractivity contribution in [1.82, 2.24) is 0 Å². The molecule has 92 valence electrons. The Morgan fingerprint density at radius 2 is 2.06 bits per heavy atom. The third-order valence-electron chi connectivity index (χ3n) is 1.88. The zero-order valence-electron chi connectivity index (χ0n) is 8.96. The quantitative estimate of drug-likeness (QED) is 0.420. The summed E-state index contributed by atoms with van der Waals surface area (Å²) in [4.78, 5) is 20.0. The summed E-state index contributed by atoms with van der Waals surface area (Å²) < 4.78 is 4.81. The van der Waals surface area contributed by atoms with Gasteiger partial charge >= 0.3 is 5.97 Å². The predicted molar refractivity (Wildman–Crippen MR) is 60.0 cm³/mol. The molecule has 0 heterocycles. The van der Waals surface area contributed by atoms with Crippen LogP contribution in [-0.4, -0.2) is 35.8 Å². The summed E-state index contributed by atoms with van der Waals surface area (Å²) in [6.07, 6.45) is 0. The monoisotopic (exact) mass is 240 g/mol. The van der Waals surface area contributed by atoms with Crippen LogP contribution in [0.3, 0.4) is 0 Å². The highest BCUT2D eigenvalue weighted by atomic mass is 16.6. The second-order valence-electron chi connectivity index (χ2n) is 3.18. The molecule has 17 heavy (non-hydrogen) atoms. The van der Waals surface area contributed by atoms with E-state index in [2.05, 4.69) is 5.32 Å². The lowest BCUT2D eigenvalue weighted by Gasteiger charge is -2.05. The summed E-state index contributed by atoms with van der Waals surface area (Å²) in [7, 11) is 0. The predicted octanol–water partition coefficient (Wildman–Crippen LogP) is 1.11. The standard InChI is InChI=1S/C10H12N2O5/c13-10(14)7-17-6-5-11-8-1-3-9(4-2-8)12(15)16/h1-4,11H,5-7H2,(H,13,14). The smallest absolute Gasteiger partial charge is 0.329 e. The van der Waals surface area contributed by atoms with Gasteiger partial charge in [0, 0.05) is 24.4 Å². The molecule has 0 aromatic heterocycles. The van der Waals surface area contributed by atoms with E-state index in [4.69, 9.17) is 9.84 Å². The maximum atomic E-state index is 10.4. The summed E-state index contributed by atoms with van der Waals surface area (Å²) in [5.41, 5.74) is 0.743. The molecule has 1 aromatic carbocycles. The summed E-state index contributed by atoms with van der Waals surface area (Å²) in [6.45, 7) is 0.357. The molecule has 0 aliphatic heterocycles. The molecule has 7 nitrogen and oxygen atoms in total.